The van der Waals surface area contributed by atoms with E-state index in [0.717, 1.165) is 31.6 Å². The number of rotatable bonds is 4. The molecular weight excluding hydrogens is 208 g/mol. The highest BCUT2D eigenvalue weighted by molar-refractivity contribution is 7.09. The average Bonchev–Trinajstić information content (AvgIpc) is 2.78. The predicted octanol–water partition coefficient (Wildman–Crippen LogP) is 1.70. The normalized spacial score (nSPS) is 26.0. The van der Waals surface area contributed by atoms with Gasteiger partial charge < -0.3 is 10.4 Å². The van der Waals surface area contributed by atoms with Gasteiger partial charge in [-0.3, -0.25) is 0 Å². The summed E-state index contributed by atoms with van der Waals surface area (Å²) in [7, 11) is 0. The van der Waals surface area contributed by atoms with Crippen LogP contribution in [-0.2, 0) is 6.54 Å². The number of hydrogen-bond donors (Lipinski definition) is 2. The van der Waals surface area contributed by atoms with Gasteiger partial charge in [-0.05, 0) is 25.7 Å². The third kappa shape index (κ3) is 2.77. The molecule has 0 saturated heterocycles. The summed E-state index contributed by atoms with van der Waals surface area (Å²) in [4.78, 5) is 5.52. The Kier molecular flexibility index (Phi) is 3.72. The molecule has 3 nitrogen and oxygen atoms in total. The second-order valence-electron chi connectivity index (χ2n) is 4.25. The zero-order valence-corrected chi connectivity index (χ0v) is 9.89. The molecule has 0 radical (unpaired) electrons. The largest absolute Gasteiger partial charge is 0.393 e. The number of aliphatic hydroxyl groups is 1. The van der Waals surface area contributed by atoms with Crippen molar-refractivity contribution in [1.82, 2.24) is 10.3 Å². The Balaban J connectivity index is 1.73. The SMILES string of the molecule is Cc1ncsc1CNCC1CCCC1O. The van der Waals surface area contributed by atoms with Gasteiger partial charge in [-0.2, -0.15) is 0 Å². The minimum Gasteiger partial charge on any atom is -0.393 e. The molecule has 1 aliphatic carbocycles. The Morgan fingerprint density at radius 2 is 2.47 bits per heavy atom. The first-order valence-corrected chi connectivity index (χ1v) is 6.43. The van der Waals surface area contributed by atoms with Crippen molar-refractivity contribution in [2.75, 3.05) is 6.54 Å². The molecule has 2 N–H and O–H groups in total. The average molecular weight is 226 g/mol. The molecule has 1 aromatic heterocycles. The fraction of sp³-hybridized carbons (Fsp3) is 0.727. The van der Waals surface area contributed by atoms with Crippen LogP contribution in [0.5, 0.6) is 0 Å². The van der Waals surface area contributed by atoms with Crippen LogP contribution in [-0.4, -0.2) is 22.7 Å². The molecule has 1 aliphatic rings. The van der Waals surface area contributed by atoms with Crippen LogP contribution in [0.1, 0.15) is 29.8 Å². The van der Waals surface area contributed by atoms with E-state index in [9.17, 15) is 5.11 Å². The van der Waals surface area contributed by atoms with E-state index in [-0.39, 0.29) is 6.10 Å². The van der Waals surface area contributed by atoms with Gasteiger partial charge in [0.1, 0.15) is 0 Å². The third-order valence-corrected chi connectivity index (χ3v) is 4.09. The van der Waals surface area contributed by atoms with E-state index in [2.05, 4.69) is 10.3 Å². The zero-order chi connectivity index (χ0) is 10.7. The lowest BCUT2D eigenvalue weighted by atomic mass is 10.1. The number of hydrogen-bond acceptors (Lipinski definition) is 4. The molecule has 0 spiro atoms. The Labute approximate surface area is 94.5 Å². The van der Waals surface area contributed by atoms with E-state index in [1.165, 1.54) is 11.3 Å². The maximum absolute atomic E-state index is 9.65. The molecule has 2 rings (SSSR count). The Bertz CT molecular complexity index is 313. The van der Waals surface area contributed by atoms with Crippen LogP contribution >= 0.6 is 11.3 Å². The van der Waals surface area contributed by atoms with Crippen molar-refractivity contribution in [3.05, 3.63) is 16.1 Å². The molecule has 0 amide bonds. The molecule has 0 aliphatic heterocycles. The quantitative estimate of drug-likeness (QED) is 0.821. The first-order chi connectivity index (χ1) is 7.27. The predicted molar refractivity (Wildman–Crippen MR) is 61.9 cm³/mol. The highest BCUT2D eigenvalue weighted by Gasteiger charge is 2.24. The number of aromatic nitrogens is 1. The molecule has 84 valence electrons. The minimum atomic E-state index is -0.0833. The lowest BCUT2D eigenvalue weighted by Crippen LogP contribution is -2.27. The van der Waals surface area contributed by atoms with Crippen molar-refractivity contribution in [2.24, 2.45) is 5.92 Å². The monoisotopic (exact) mass is 226 g/mol. The first kappa shape index (κ1) is 11.0. The summed E-state index contributed by atoms with van der Waals surface area (Å²) >= 11 is 1.70. The summed E-state index contributed by atoms with van der Waals surface area (Å²) in [5.74, 6) is 0.457. The van der Waals surface area contributed by atoms with Crippen molar-refractivity contribution >= 4 is 11.3 Å². The summed E-state index contributed by atoms with van der Waals surface area (Å²) in [6, 6.07) is 0. The van der Waals surface area contributed by atoms with Crippen molar-refractivity contribution in [3.8, 4) is 0 Å². The van der Waals surface area contributed by atoms with Gasteiger partial charge in [-0.1, -0.05) is 6.42 Å². The van der Waals surface area contributed by atoms with Gasteiger partial charge in [0, 0.05) is 18.0 Å². The molecule has 1 fully saturated rings. The van der Waals surface area contributed by atoms with Crippen LogP contribution in [0.25, 0.3) is 0 Å². The summed E-state index contributed by atoms with van der Waals surface area (Å²) in [6.07, 6.45) is 3.23. The second kappa shape index (κ2) is 5.05. The van der Waals surface area contributed by atoms with Crippen LogP contribution in [0.3, 0.4) is 0 Å². The van der Waals surface area contributed by atoms with Gasteiger partial charge in [0.05, 0.1) is 17.3 Å². The fourth-order valence-electron chi connectivity index (χ4n) is 2.12. The number of nitrogens with one attached hydrogen (secondary N) is 1. The smallest absolute Gasteiger partial charge is 0.0798 e. The maximum atomic E-state index is 9.65. The standard InChI is InChI=1S/C11H18N2OS/c1-8-11(15-7-13-8)6-12-5-9-3-2-4-10(9)14/h7,9-10,12,14H,2-6H2,1H3. The molecule has 1 saturated carbocycles. The molecule has 1 aromatic rings. The van der Waals surface area contributed by atoms with Gasteiger partial charge in [0.2, 0.25) is 0 Å². The van der Waals surface area contributed by atoms with E-state index in [0.29, 0.717) is 5.92 Å². The van der Waals surface area contributed by atoms with Gasteiger partial charge >= 0.3 is 0 Å². The molecule has 2 unspecified atom stereocenters. The van der Waals surface area contributed by atoms with Crippen LogP contribution in [0.2, 0.25) is 0 Å². The Hall–Kier alpha value is -0.450. The van der Waals surface area contributed by atoms with Crippen LogP contribution in [0.4, 0.5) is 0 Å². The van der Waals surface area contributed by atoms with E-state index in [1.807, 2.05) is 12.4 Å². The highest BCUT2D eigenvalue weighted by Crippen LogP contribution is 2.24. The van der Waals surface area contributed by atoms with Gasteiger partial charge in [-0.15, -0.1) is 11.3 Å². The zero-order valence-electron chi connectivity index (χ0n) is 9.07. The fourth-order valence-corrected chi connectivity index (χ4v) is 2.87. The van der Waals surface area contributed by atoms with E-state index >= 15 is 0 Å². The van der Waals surface area contributed by atoms with E-state index in [1.54, 1.807) is 11.3 Å². The summed E-state index contributed by atoms with van der Waals surface area (Å²) in [5.41, 5.74) is 3.01. The maximum Gasteiger partial charge on any atom is 0.0798 e. The van der Waals surface area contributed by atoms with Crippen LogP contribution in [0, 0.1) is 12.8 Å². The number of aliphatic hydroxyl groups excluding tert-OH is 1. The third-order valence-electron chi connectivity index (χ3n) is 3.16. The van der Waals surface area contributed by atoms with Gasteiger partial charge in [-0.25, -0.2) is 4.98 Å². The number of nitrogens with zero attached hydrogens (tertiary/aromatic N) is 1. The Morgan fingerprint density at radius 3 is 3.07 bits per heavy atom. The number of thiazole rings is 1. The van der Waals surface area contributed by atoms with E-state index < -0.39 is 0 Å². The first-order valence-electron chi connectivity index (χ1n) is 5.55. The minimum absolute atomic E-state index is 0.0833. The molecule has 0 bridgehead atoms. The lowest BCUT2D eigenvalue weighted by molar-refractivity contribution is 0.131. The van der Waals surface area contributed by atoms with Gasteiger partial charge in [0.15, 0.2) is 0 Å². The second-order valence-corrected chi connectivity index (χ2v) is 5.19. The topological polar surface area (TPSA) is 45.2 Å². The van der Waals surface area contributed by atoms with Crippen molar-refractivity contribution in [3.63, 3.8) is 0 Å². The Morgan fingerprint density at radius 1 is 1.60 bits per heavy atom. The lowest BCUT2D eigenvalue weighted by Gasteiger charge is -2.14. The molecule has 0 aromatic carbocycles. The number of aryl methyl sites for hydroxylation is 1. The summed E-state index contributed by atoms with van der Waals surface area (Å²) < 4.78 is 0. The molecular formula is C11H18N2OS. The highest BCUT2D eigenvalue weighted by atomic mass is 32.1. The van der Waals surface area contributed by atoms with Crippen LogP contribution in [0.15, 0.2) is 5.51 Å². The van der Waals surface area contributed by atoms with E-state index in [4.69, 9.17) is 0 Å². The molecule has 4 heteroatoms. The van der Waals surface area contributed by atoms with Gasteiger partial charge in [0.25, 0.3) is 0 Å². The summed E-state index contributed by atoms with van der Waals surface area (Å²) in [6.45, 7) is 3.86. The molecule has 1 heterocycles. The van der Waals surface area contributed by atoms with Crippen molar-refractivity contribution in [2.45, 2.75) is 38.8 Å². The van der Waals surface area contributed by atoms with Crippen molar-refractivity contribution < 1.29 is 5.11 Å². The van der Waals surface area contributed by atoms with Crippen LogP contribution < -0.4 is 5.32 Å². The van der Waals surface area contributed by atoms with Crippen molar-refractivity contribution in [1.29, 1.82) is 0 Å². The molecule has 2 atom stereocenters. The summed E-state index contributed by atoms with van der Waals surface area (Å²) in [5, 5.41) is 13.1. The molecule has 15 heavy (non-hydrogen) atoms.